The maximum atomic E-state index is 12.9. The molecule has 1 N–H and O–H groups in total. The van der Waals surface area contributed by atoms with Gasteiger partial charge in [-0.3, -0.25) is 9.59 Å². The summed E-state index contributed by atoms with van der Waals surface area (Å²) in [4.78, 5) is 28.9. The summed E-state index contributed by atoms with van der Waals surface area (Å²) in [6.45, 7) is 1.21. The second-order valence-corrected chi connectivity index (χ2v) is 6.91. The maximum Gasteiger partial charge on any atom is 0.249 e. The zero-order chi connectivity index (χ0) is 16.4. The monoisotopic (exact) mass is 315 g/mol. The quantitative estimate of drug-likeness (QED) is 0.924. The topological polar surface area (TPSA) is 52.7 Å². The smallest absolute Gasteiger partial charge is 0.249 e. The summed E-state index contributed by atoms with van der Waals surface area (Å²) in [6.07, 6.45) is 3.58. The third-order valence-electron chi connectivity index (χ3n) is 4.70. The number of anilines is 1. The number of likely N-dealkylation sites (N-methyl/N-ethyl adjacent to an activating group) is 1. The minimum absolute atomic E-state index is 0.0367. The van der Waals surface area contributed by atoms with E-state index in [1.807, 2.05) is 35.2 Å². The van der Waals surface area contributed by atoms with Crippen LogP contribution in [-0.2, 0) is 9.59 Å². The number of amides is 2. The van der Waals surface area contributed by atoms with Crippen molar-refractivity contribution >= 4 is 17.5 Å². The molecule has 1 aromatic rings. The van der Waals surface area contributed by atoms with Crippen molar-refractivity contribution in [2.75, 3.05) is 32.5 Å². The van der Waals surface area contributed by atoms with Gasteiger partial charge in [-0.1, -0.05) is 18.2 Å². The Morgan fingerprint density at radius 1 is 1.22 bits per heavy atom. The predicted molar refractivity (Wildman–Crippen MR) is 90.0 cm³/mol. The highest BCUT2D eigenvalue weighted by Crippen LogP contribution is 2.34. The van der Waals surface area contributed by atoms with Crippen LogP contribution in [0.4, 0.5) is 5.69 Å². The van der Waals surface area contributed by atoms with Crippen molar-refractivity contribution in [2.45, 2.75) is 31.2 Å². The van der Waals surface area contributed by atoms with Gasteiger partial charge in [-0.2, -0.15) is 0 Å². The average Bonchev–Trinajstić information content (AvgIpc) is 3.39. The molecule has 5 heteroatoms. The summed E-state index contributed by atoms with van der Waals surface area (Å²) in [5, 5.41) is 3.43. The minimum Gasteiger partial charge on any atom is -0.370 e. The van der Waals surface area contributed by atoms with E-state index in [1.54, 1.807) is 19.0 Å². The van der Waals surface area contributed by atoms with Gasteiger partial charge in [-0.25, -0.2) is 0 Å². The number of hydrogen-bond donors (Lipinski definition) is 1. The zero-order valence-corrected chi connectivity index (χ0v) is 13.9. The molecule has 5 nitrogen and oxygen atoms in total. The summed E-state index contributed by atoms with van der Waals surface area (Å²) in [6, 6.07) is 9.78. The van der Waals surface area contributed by atoms with Crippen molar-refractivity contribution in [1.29, 1.82) is 0 Å². The number of carbonyl (C=O) groups is 2. The van der Waals surface area contributed by atoms with Crippen molar-refractivity contribution in [3.8, 4) is 0 Å². The molecule has 1 saturated heterocycles. The molecule has 1 heterocycles. The summed E-state index contributed by atoms with van der Waals surface area (Å²) in [7, 11) is 3.55. The van der Waals surface area contributed by atoms with Gasteiger partial charge in [0, 0.05) is 32.2 Å². The molecule has 2 aliphatic rings. The fourth-order valence-corrected chi connectivity index (χ4v) is 3.39. The van der Waals surface area contributed by atoms with E-state index in [9.17, 15) is 9.59 Å². The van der Waals surface area contributed by atoms with Gasteiger partial charge in [0.2, 0.25) is 11.8 Å². The van der Waals surface area contributed by atoms with Crippen molar-refractivity contribution < 1.29 is 9.59 Å². The van der Waals surface area contributed by atoms with Gasteiger partial charge in [0.15, 0.2) is 0 Å². The molecule has 1 saturated carbocycles. The fraction of sp³-hybridized carbons (Fsp3) is 0.556. The Labute approximate surface area is 137 Å². The van der Waals surface area contributed by atoms with Crippen molar-refractivity contribution in [3.05, 3.63) is 30.3 Å². The van der Waals surface area contributed by atoms with E-state index >= 15 is 0 Å². The lowest BCUT2D eigenvalue weighted by molar-refractivity contribution is -0.140. The van der Waals surface area contributed by atoms with Crippen LogP contribution in [0.15, 0.2) is 30.3 Å². The molecule has 1 aromatic carbocycles. The maximum absolute atomic E-state index is 12.9. The molecule has 3 rings (SSSR count). The Morgan fingerprint density at radius 2 is 1.91 bits per heavy atom. The normalized spacial score (nSPS) is 24.2. The molecule has 1 unspecified atom stereocenters. The Morgan fingerprint density at radius 3 is 2.52 bits per heavy atom. The summed E-state index contributed by atoms with van der Waals surface area (Å²) >= 11 is 0. The van der Waals surface area contributed by atoms with Gasteiger partial charge in [0.1, 0.15) is 5.54 Å². The van der Waals surface area contributed by atoms with Crippen LogP contribution in [0.3, 0.4) is 0 Å². The van der Waals surface area contributed by atoms with Crippen molar-refractivity contribution in [3.63, 3.8) is 0 Å². The number of benzene rings is 1. The van der Waals surface area contributed by atoms with Gasteiger partial charge < -0.3 is 15.1 Å². The molecular formula is C18H25N3O2. The first kappa shape index (κ1) is 15.8. The highest BCUT2D eigenvalue weighted by atomic mass is 16.2. The number of hydrogen-bond acceptors (Lipinski definition) is 3. The molecule has 1 aliphatic carbocycles. The van der Waals surface area contributed by atoms with Crippen LogP contribution in [0.1, 0.15) is 25.7 Å². The van der Waals surface area contributed by atoms with E-state index in [1.165, 1.54) is 0 Å². The van der Waals surface area contributed by atoms with E-state index < -0.39 is 5.54 Å². The average molecular weight is 315 g/mol. The van der Waals surface area contributed by atoms with Crippen LogP contribution >= 0.6 is 0 Å². The molecule has 23 heavy (non-hydrogen) atoms. The lowest BCUT2D eigenvalue weighted by Gasteiger charge is -2.44. The lowest BCUT2D eigenvalue weighted by atomic mass is 9.86. The second kappa shape index (κ2) is 6.22. The van der Waals surface area contributed by atoms with Crippen LogP contribution in [0.2, 0.25) is 0 Å². The van der Waals surface area contributed by atoms with Crippen molar-refractivity contribution in [1.82, 2.24) is 9.80 Å². The van der Waals surface area contributed by atoms with Gasteiger partial charge >= 0.3 is 0 Å². The number of para-hydroxylation sites is 1. The number of rotatable bonds is 4. The van der Waals surface area contributed by atoms with Crippen LogP contribution in [0, 0.1) is 5.92 Å². The van der Waals surface area contributed by atoms with E-state index in [0.29, 0.717) is 6.54 Å². The molecule has 2 amide bonds. The Balaban J connectivity index is 1.85. The standard InChI is InChI=1S/C18H25N3O2/c1-20(2)17(23)18(19-15-7-4-3-5-8-15)11-6-12-21(13-18)16(22)14-9-10-14/h3-5,7-8,14,19H,6,9-13H2,1-2H3. The first-order valence-electron chi connectivity index (χ1n) is 8.36. The van der Waals surface area contributed by atoms with Crippen molar-refractivity contribution in [2.24, 2.45) is 5.92 Å². The summed E-state index contributed by atoms with van der Waals surface area (Å²) in [5.41, 5.74) is 0.191. The molecule has 124 valence electrons. The summed E-state index contributed by atoms with van der Waals surface area (Å²) in [5.74, 6) is 0.446. The third-order valence-corrected chi connectivity index (χ3v) is 4.70. The zero-order valence-electron chi connectivity index (χ0n) is 13.9. The number of likely N-dealkylation sites (tertiary alicyclic amines) is 1. The highest BCUT2D eigenvalue weighted by molar-refractivity contribution is 5.91. The van der Waals surface area contributed by atoms with Crippen LogP contribution in [0.5, 0.6) is 0 Å². The Hall–Kier alpha value is -2.04. The molecule has 1 aliphatic heterocycles. The van der Waals surface area contributed by atoms with E-state index in [-0.39, 0.29) is 17.7 Å². The van der Waals surface area contributed by atoms with Crippen LogP contribution < -0.4 is 5.32 Å². The first-order valence-corrected chi connectivity index (χ1v) is 8.36. The third kappa shape index (κ3) is 3.33. The number of nitrogens with one attached hydrogen (secondary N) is 1. The summed E-state index contributed by atoms with van der Waals surface area (Å²) < 4.78 is 0. The number of piperidine rings is 1. The fourth-order valence-electron chi connectivity index (χ4n) is 3.39. The van der Waals surface area contributed by atoms with Gasteiger partial charge in [0.25, 0.3) is 0 Å². The molecule has 0 aromatic heterocycles. The van der Waals surface area contributed by atoms with E-state index in [4.69, 9.17) is 0 Å². The number of nitrogens with zero attached hydrogens (tertiary/aromatic N) is 2. The SMILES string of the molecule is CN(C)C(=O)C1(Nc2ccccc2)CCCN(C(=O)C2CC2)C1. The molecular weight excluding hydrogens is 290 g/mol. The molecule has 0 spiro atoms. The molecule has 0 radical (unpaired) electrons. The molecule has 1 atom stereocenters. The van der Waals surface area contributed by atoms with Crippen LogP contribution in [-0.4, -0.2) is 54.3 Å². The highest BCUT2D eigenvalue weighted by Gasteiger charge is 2.46. The van der Waals surface area contributed by atoms with Gasteiger partial charge in [-0.05, 0) is 37.8 Å². The Bertz CT molecular complexity index is 583. The van der Waals surface area contributed by atoms with Gasteiger partial charge in [0.05, 0.1) is 6.54 Å². The predicted octanol–water partition coefficient (Wildman–Crippen LogP) is 1.96. The second-order valence-electron chi connectivity index (χ2n) is 6.91. The van der Waals surface area contributed by atoms with Crippen LogP contribution in [0.25, 0.3) is 0 Å². The van der Waals surface area contributed by atoms with Gasteiger partial charge in [-0.15, -0.1) is 0 Å². The lowest BCUT2D eigenvalue weighted by Crippen LogP contribution is -2.62. The Kier molecular flexibility index (Phi) is 4.28. The minimum atomic E-state index is -0.729. The number of carbonyl (C=O) groups excluding carboxylic acids is 2. The van der Waals surface area contributed by atoms with E-state index in [2.05, 4.69) is 5.32 Å². The molecule has 2 fully saturated rings. The first-order chi connectivity index (χ1) is 11.0. The molecule has 0 bridgehead atoms. The largest absolute Gasteiger partial charge is 0.370 e. The van der Waals surface area contributed by atoms with E-state index in [0.717, 1.165) is 37.9 Å².